The molecule has 2 heterocycles. The van der Waals surface area contributed by atoms with Crippen molar-refractivity contribution in [1.82, 2.24) is 10.2 Å². The molecular weight excluding hydrogens is 398 g/mol. The van der Waals surface area contributed by atoms with Crippen LogP contribution < -0.4 is 22.5 Å². The molecule has 3 aliphatic rings. The fourth-order valence-corrected chi connectivity index (χ4v) is 4.27. The van der Waals surface area contributed by atoms with E-state index >= 15 is 0 Å². The highest BCUT2D eigenvalue weighted by molar-refractivity contribution is 5.00. The highest BCUT2D eigenvalue weighted by Gasteiger charge is 2.48. The Morgan fingerprint density at radius 1 is 0.967 bits per heavy atom. The number of nitrogens with two attached hydrogens (primary N) is 3. The molecule has 2 aliphatic heterocycles. The van der Waals surface area contributed by atoms with E-state index in [0.717, 1.165) is 26.2 Å². The molecule has 1 aliphatic carbocycles. The van der Waals surface area contributed by atoms with Gasteiger partial charge in [-0.3, -0.25) is 4.90 Å². The number of piperazine rings is 1. The molecule has 0 unspecified atom stereocenters. The van der Waals surface area contributed by atoms with Crippen LogP contribution in [0, 0.1) is 0 Å². The zero-order valence-corrected chi connectivity index (χ0v) is 17.1. The summed E-state index contributed by atoms with van der Waals surface area (Å²) in [6.07, 6.45) is -7.17. The molecule has 3 rings (SSSR count). The zero-order chi connectivity index (χ0) is 21.8. The Morgan fingerprint density at radius 2 is 1.67 bits per heavy atom. The Morgan fingerprint density at radius 3 is 2.33 bits per heavy atom. The van der Waals surface area contributed by atoms with Crippen LogP contribution in [0.3, 0.4) is 0 Å². The Balaban J connectivity index is 1.64. The molecular formula is C18H37N5O7. The average molecular weight is 436 g/mol. The smallest absolute Gasteiger partial charge is 0.176 e. The number of hydrogen-bond donors (Lipinski definition) is 8. The van der Waals surface area contributed by atoms with Crippen LogP contribution in [0.1, 0.15) is 6.42 Å². The van der Waals surface area contributed by atoms with Crippen molar-refractivity contribution in [2.24, 2.45) is 17.2 Å². The van der Waals surface area contributed by atoms with Crippen LogP contribution in [0.2, 0.25) is 0 Å². The summed E-state index contributed by atoms with van der Waals surface area (Å²) in [6, 6.07) is -2.19. The third-order valence-electron chi connectivity index (χ3n) is 6.21. The quantitative estimate of drug-likeness (QED) is 0.189. The third-order valence-corrected chi connectivity index (χ3v) is 6.21. The van der Waals surface area contributed by atoms with Crippen LogP contribution in [-0.2, 0) is 14.2 Å². The number of aliphatic hydroxyl groups is 4. The molecule has 0 amide bonds. The highest BCUT2D eigenvalue weighted by atomic mass is 16.7. The van der Waals surface area contributed by atoms with Gasteiger partial charge in [-0.2, -0.15) is 0 Å². The molecule has 12 nitrogen and oxygen atoms in total. The second-order valence-electron chi connectivity index (χ2n) is 8.37. The van der Waals surface area contributed by atoms with Crippen molar-refractivity contribution < 1.29 is 34.6 Å². The van der Waals surface area contributed by atoms with Crippen LogP contribution in [-0.4, -0.2) is 132 Å². The minimum Gasteiger partial charge on any atom is -0.394 e. The van der Waals surface area contributed by atoms with Crippen molar-refractivity contribution in [3.05, 3.63) is 0 Å². The summed E-state index contributed by atoms with van der Waals surface area (Å²) in [6.45, 7) is 4.22. The minimum atomic E-state index is -1.35. The van der Waals surface area contributed by atoms with Crippen LogP contribution >= 0.6 is 0 Å². The van der Waals surface area contributed by atoms with Crippen LogP contribution in [0.5, 0.6) is 0 Å². The lowest BCUT2D eigenvalue weighted by Gasteiger charge is -2.46. The molecule has 2 saturated heterocycles. The lowest BCUT2D eigenvalue weighted by molar-refractivity contribution is -0.296. The van der Waals surface area contributed by atoms with Gasteiger partial charge in [-0.25, -0.2) is 0 Å². The Bertz CT molecular complexity index is 527. The molecule has 0 spiro atoms. The highest BCUT2D eigenvalue weighted by Crippen LogP contribution is 2.28. The van der Waals surface area contributed by atoms with Crippen molar-refractivity contribution in [2.75, 3.05) is 45.9 Å². The molecule has 11 N–H and O–H groups in total. The lowest BCUT2D eigenvalue weighted by atomic mass is 9.84. The van der Waals surface area contributed by atoms with Crippen molar-refractivity contribution in [2.45, 2.75) is 67.5 Å². The SMILES string of the molecule is N[C@H]1[C@@H](O[C@@H]2[C@@H](OCCN3CCNCC3)[C@H](O)[C@@H](N)C[C@H]2N)O[C@H](CO)[C@@H](O)[C@@H]1O. The first-order valence-corrected chi connectivity index (χ1v) is 10.6. The number of hydrogen-bond acceptors (Lipinski definition) is 12. The molecule has 3 fully saturated rings. The van der Waals surface area contributed by atoms with E-state index in [1.165, 1.54) is 0 Å². The molecule has 0 aromatic heterocycles. The van der Waals surface area contributed by atoms with E-state index in [1.54, 1.807) is 0 Å². The summed E-state index contributed by atoms with van der Waals surface area (Å²) >= 11 is 0. The maximum absolute atomic E-state index is 10.6. The Hall–Kier alpha value is -0.480. The van der Waals surface area contributed by atoms with E-state index < -0.39 is 67.6 Å². The van der Waals surface area contributed by atoms with E-state index in [9.17, 15) is 20.4 Å². The Labute approximate surface area is 176 Å². The first-order chi connectivity index (χ1) is 14.3. The standard InChI is InChI=1S/C18H37N5O7/c19-9-7-10(20)16(30-18-12(21)15(27)14(26)11(8-24)29-18)17(13(9)25)28-6-5-23-3-1-22-2-4-23/h9-18,22,24-27H,1-8,19-21H2/t9-,10+,11+,12+,13+,14+,15+,16-,17-,18+/m0/s1. The van der Waals surface area contributed by atoms with E-state index in [1.807, 2.05) is 0 Å². The van der Waals surface area contributed by atoms with Gasteiger partial charge in [-0.05, 0) is 6.42 Å². The second-order valence-corrected chi connectivity index (χ2v) is 8.37. The van der Waals surface area contributed by atoms with Gasteiger partial charge in [-0.15, -0.1) is 0 Å². The minimum absolute atomic E-state index is 0.306. The van der Waals surface area contributed by atoms with E-state index in [0.29, 0.717) is 19.6 Å². The lowest BCUT2D eigenvalue weighted by Crippen LogP contribution is -2.67. The summed E-state index contributed by atoms with van der Waals surface area (Å²) in [5.41, 5.74) is 18.3. The molecule has 0 radical (unpaired) electrons. The van der Waals surface area contributed by atoms with Gasteiger partial charge in [-0.1, -0.05) is 0 Å². The van der Waals surface area contributed by atoms with Gasteiger partial charge in [0.15, 0.2) is 6.29 Å². The molecule has 1 saturated carbocycles. The summed E-state index contributed by atoms with van der Waals surface area (Å²) < 4.78 is 17.5. The molecule has 0 aromatic carbocycles. The second kappa shape index (κ2) is 10.9. The van der Waals surface area contributed by atoms with Crippen LogP contribution in [0.15, 0.2) is 0 Å². The van der Waals surface area contributed by atoms with E-state index in [-0.39, 0.29) is 0 Å². The van der Waals surface area contributed by atoms with Gasteiger partial charge in [0.2, 0.25) is 0 Å². The van der Waals surface area contributed by atoms with Crippen molar-refractivity contribution in [1.29, 1.82) is 0 Å². The zero-order valence-electron chi connectivity index (χ0n) is 17.1. The maximum atomic E-state index is 10.6. The summed E-state index contributed by atoms with van der Waals surface area (Å²) in [4.78, 5) is 2.26. The molecule has 0 aromatic rings. The van der Waals surface area contributed by atoms with Gasteiger partial charge < -0.3 is 57.2 Å². The summed E-state index contributed by atoms with van der Waals surface area (Å²) in [5, 5.41) is 43.5. The monoisotopic (exact) mass is 435 g/mol. The third kappa shape index (κ3) is 5.46. The van der Waals surface area contributed by atoms with Gasteiger partial charge in [0.25, 0.3) is 0 Å². The van der Waals surface area contributed by atoms with Crippen molar-refractivity contribution in [3.63, 3.8) is 0 Å². The normalized spacial score (nSPS) is 46.1. The first-order valence-electron chi connectivity index (χ1n) is 10.6. The average Bonchev–Trinajstić information content (AvgIpc) is 2.74. The van der Waals surface area contributed by atoms with Gasteiger partial charge >= 0.3 is 0 Å². The predicted octanol–water partition coefficient (Wildman–Crippen LogP) is -5.15. The van der Waals surface area contributed by atoms with Crippen LogP contribution in [0.25, 0.3) is 0 Å². The Kier molecular flexibility index (Phi) is 8.78. The molecule has 10 atom stereocenters. The van der Waals surface area contributed by atoms with Crippen molar-refractivity contribution in [3.8, 4) is 0 Å². The number of nitrogens with one attached hydrogen (secondary N) is 1. The summed E-state index contributed by atoms with van der Waals surface area (Å²) in [7, 11) is 0. The summed E-state index contributed by atoms with van der Waals surface area (Å²) in [5.74, 6) is 0. The van der Waals surface area contributed by atoms with Gasteiger partial charge in [0.05, 0.1) is 25.4 Å². The first kappa shape index (κ1) is 24.2. The van der Waals surface area contributed by atoms with Crippen molar-refractivity contribution >= 4 is 0 Å². The molecule has 0 bridgehead atoms. The number of rotatable bonds is 7. The fraction of sp³-hybridized carbons (Fsp3) is 1.00. The van der Waals surface area contributed by atoms with E-state index in [4.69, 9.17) is 31.4 Å². The number of ether oxygens (including phenoxy) is 3. The molecule has 12 heteroatoms. The number of aliphatic hydroxyl groups excluding tert-OH is 4. The fourth-order valence-electron chi connectivity index (χ4n) is 4.27. The molecule has 176 valence electrons. The largest absolute Gasteiger partial charge is 0.394 e. The maximum Gasteiger partial charge on any atom is 0.176 e. The van der Waals surface area contributed by atoms with Crippen LogP contribution in [0.4, 0.5) is 0 Å². The number of nitrogens with zero attached hydrogens (tertiary/aromatic N) is 1. The van der Waals surface area contributed by atoms with Gasteiger partial charge in [0.1, 0.15) is 30.5 Å². The predicted molar refractivity (Wildman–Crippen MR) is 106 cm³/mol. The van der Waals surface area contributed by atoms with Gasteiger partial charge in [0, 0.05) is 44.8 Å². The molecule has 30 heavy (non-hydrogen) atoms. The topological polar surface area (TPSA) is 202 Å². The van der Waals surface area contributed by atoms with E-state index in [2.05, 4.69) is 10.2 Å².